The molecular weight excluding hydrogens is 536 g/mol. The molecule has 1 N–H and O–H groups in total. The predicted octanol–water partition coefficient (Wildman–Crippen LogP) is 4.69. The Hall–Kier alpha value is -4.35. The third-order valence-electron chi connectivity index (χ3n) is 6.96. The average Bonchev–Trinajstić information content (AvgIpc) is 3.30. The van der Waals surface area contributed by atoms with Crippen LogP contribution in [0.4, 0.5) is 8.78 Å². The number of hydrogen-bond acceptors (Lipinski definition) is 7. The molecule has 0 unspecified atom stereocenters. The fourth-order valence-corrected chi connectivity index (χ4v) is 4.69. The molecule has 1 amide bonds. The molecule has 1 aliphatic rings. The highest BCUT2D eigenvalue weighted by Gasteiger charge is 2.43. The van der Waals surface area contributed by atoms with Crippen LogP contribution in [0.3, 0.4) is 0 Å². The van der Waals surface area contributed by atoms with E-state index >= 15 is 0 Å². The normalized spacial score (nSPS) is 15.9. The summed E-state index contributed by atoms with van der Waals surface area (Å²) in [5.41, 5.74) is 0.444. The summed E-state index contributed by atoms with van der Waals surface area (Å²) in [6.07, 6.45) is 1.64. The summed E-state index contributed by atoms with van der Waals surface area (Å²) in [6, 6.07) is 13.5. The number of esters is 1. The summed E-state index contributed by atoms with van der Waals surface area (Å²) in [7, 11) is 1.29. The summed E-state index contributed by atoms with van der Waals surface area (Å²) >= 11 is 0. The van der Waals surface area contributed by atoms with Crippen molar-refractivity contribution in [3.8, 4) is 5.75 Å². The van der Waals surface area contributed by atoms with E-state index in [9.17, 15) is 18.4 Å². The maximum atomic E-state index is 14.1. The van der Waals surface area contributed by atoms with Gasteiger partial charge in [0.05, 0.1) is 37.1 Å². The molecule has 1 fully saturated rings. The number of pyridine rings is 1. The van der Waals surface area contributed by atoms with Crippen LogP contribution in [0, 0.1) is 18.6 Å². The number of fused-ring (bicyclic) bond motifs is 1. The highest BCUT2D eigenvalue weighted by molar-refractivity contribution is 5.96. The van der Waals surface area contributed by atoms with E-state index in [0.29, 0.717) is 22.5 Å². The van der Waals surface area contributed by atoms with Crippen molar-refractivity contribution in [3.05, 3.63) is 101 Å². The molecule has 41 heavy (non-hydrogen) atoms. The van der Waals surface area contributed by atoms with Gasteiger partial charge in [-0.2, -0.15) is 0 Å². The molecule has 0 atom stereocenters. The van der Waals surface area contributed by atoms with E-state index in [1.54, 1.807) is 67.8 Å². The monoisotopic (exact) mass is 565 g/mol. The van der Waals surface area contributed by atoms with E-state index in [0.717, 1.165) is 12.1 Å². The zero-order valence-corrected chi connectivity index (χ0v) is 23.0. The molecule has 0 bridgehead atoms. The van der Waals surface area contributed by atoms with Crippen LogP contribution in [0.2, 0.25) is 0 Å². The zero-order valence-electron chi connectivity index (χ0n) is 23.0. The lowest BCUT2D eigenvalue weighted by molar-refractivity contribution is -0.272. The average molecular weight is 566 g/mol. The summed E-state index contributed by atoms with van der Waals surface area (Å²) in [6.45, 7) is 4.98. The van der Waals surface area contributed by atoms with Crippen molar-refractivity contribution in [3.63, 3.8) is 0 Å². The number of imidazole rings is 1. The van der Waals surface area contributed by atoms with Crippen LogP contribution in [0.15, 0.2) is 60.8 Å². The van der Waals surface area contributed by atoms with Gasteiger partial charge >= 0.3 is 5.97 Å². The Morgan fingerprint density at radius 1 is 1.05 bits per heavy atom. The molecule has 0 spiro atoms. The largest absolute Gasteiger partial charge is 0.485 e. The molecule has 0 aliphatic carbocycles. The van der Waals surface area contributed by atoms with Gasteiger partial charge in [-0.05, 0) is 62.7 Å². The van der Waals surface area contributed by atoms with Crippen molar-refractivity contribution in [1.82, 2.24) is 14.7 Å². The van der Waals surface area contributed by atoms with Crippen LogP contribution < -0.4 is 10.1 Å². The van der Waals surface area contributed by atoms with Gasteiger partial charge in [0.1, 0.15) is 29.5 Å². The standard InChI is InChI=1S/C30H29F2N3O6/c1-18-25(35-13-7-12-24(26(35)33-18)39-15-21-22(31)10-6-11-23(21)32)27(36)34-30(16-40-29(2,3)41-17-30)20-9-5-8-19(14-20)28(37)38-4/h5-14H,15-17H2,1-4H3,(H,34,36). The maximum Gasteiger partial charge on any atom is 0.337 e. The Kier molecular flexibility index (Phi) is 7.50. The number of halogens is 2. The topological polar surface area (TPSA) is 100 Å². The molecule has 4 aromatic rings. The number of benzene rings is 2. The third-order valence-corrected chi connectivity index (χ3v) is 6.96. The van der Waals surface area contributed by atoms with Crippen molar-refractivity contribution >= 4 is 17.5 Å². The molecule has 1 aliphatic heterocycles. The number of aromatic nitrogens is 2. The van der Waals surface area contributed by atoms with Gasteiger partial charge < -0.3 is 24.3 Å². The summed E-state index contributed by atoms with van der Waals surface area (Å²) < 4.78 is 52.3. The first kappa shape index (κ1) is 28.2. The lowest BCUT2D eigenvalue weighted by Crippen LogP contribution is -2.59. The van der Waals surface area contributed by atoms with E-state index in [-0.39, 0.29) is 36.8 Å². The minimum Gasteiger partial charge on any atom is -0.485 e. The summed E-state index contributed by atoms with van der Waals surface area (Å²) in [5, 5.41) is 3.06. The van der Waals surface area contributed by atoms with E-state index in [4.69, 9.17) is 18.9 Å². The number of hydrogen-bond donors (Lipinski definition) is 1. The van der Waals surface area contributed by atoms with Crippen LogP contribution in [0.25, 0.3) is 5.65 Å². The lowest BCUT2D eigenvalue weighted by Gasteiger charge is -2.44. The molecule has 11 heteroatoms. The van der Waals surface area contributed by atoms with Crippen LogP contribution in [-0.4, -0.2) is 47.4 Å². The van der Waals surface area contributed by atoms with Crippen molar-refractivity contribution in [1.29, 1.82) is 0 Å². The van der Waals surface area contributed by atoms with Crippen molar-refractivity contribution in [2.75, 3.05) is 20.3 Å². The molecule has 214 valence electrons. The molecule has 5 rings (SSSR count). The van der Waals surface area contributed by atoms with Crippen LogP contribution in [-0.2, 0) is 26.4 Å². The number of amides is 1. The SMILES string of the molecule is COC(=O)c1cccc(C2(NC(=O)c3c(C)nc4c(OCc5c(F)cccc5F)cccn34)COC(C)(C)OC2)c1. The first-order chi connectivity index (χ1) is 19.5. The molecule has 9 nitrogen and oxygen atoms in total. The number of methoxy groups -OCH3 is 1. The Balaban J connectivity index is 1.48. The first-order valence-electron chi connectivity index (χ1n) is 12.9. The lowest BCUT2D eigenvalue weighted by atomic mass is 9.88. The van der Waals surface area contributed by atoms with E-state index in [1.165, 1.54) is 13.2 Å². The smallest absolute Gasteiger partial charge is 0.337 e. The zero-order chi connectivity index (χ0) is 29.4. The second-order valence-corrected chi connectivity index (χ2v) is 10.2. The number of carbonyl (C=O) groups excluding carboxylic acids is 2. The second-order valence-electron chi connectivity index (χ2n) is 10.2. The Labute approximate surface area is 235 Å². The van der Waals surface area contributed by atoms with Crippen LogP contribution in [0.1, 0.15) is 51.5 Å². The van der Waals surface area contributed by atoms with Crippen molar-refractivity contribution in [2.45, 2.75) is 38.7 Å². The third kappa shape index (κ3) is 5.50. The van der Waals surface area contributed by atoms with Crippen molar-refractivity contribution in [2.24, 2.45) is 0 Å². The van der Waals surface area contributed by atoms with Gasteiger partial charge in [-0.3, -0.25) is 9.20 Å². The Morgan fingerprint density at radius 3 is 2.41 bits per heavy atom. The minimum absolute atomic E-state index is 0.0642. The van der Waals surface area contributed by atoms with Crippen LogP contribution in [0.5, 0.6) is 5.75 Å². The number of ether oxygens (including phenoxy) is 4. The highest BCUT2D eigenvalue weighted by atomic mass is 19.1. The summed E-state index contributed by atoms with van der Waals surface area (Å²) in [5.74, 6) is -3.09. The predicted molar refractivity (Wildman–Crippen MR) is 144 cm³/mol. The number of carbonyl (C=O) groups is 2. The van der Waals surface area contributed by atoms with Gasteiger partial charge in [0.25, 0.3) is 5.91 Å². The molecule has 2 aromatic carbocycles. The Morgan fingerprint density at radius 2 is 1.73 bits per heavy atom. The minimum atomic E-state index is -1.15. The number of nitrogens with one attached hydrogen (secondary N) is 1. The first-order valence-corrected chi connectivity index (χ1v) is 12.9. The molecule has 2 aromatic heterocycles. The van der Waals surface area contributed by atoms with Gasteiger partial charge in [0.2, 0.25) is 0 Å². The highest BCUT2D eigenvalue weighted by Crippen LogP contribution is 2.33. The van der Waals surface area contributed by atoms with Crippen LogP contribution >= 0.6 is 0 Å². The fraction of sp³-hybridized carbons (Fsp3) is 0.300. The second kappa shape index (κ2) is 10.9. The fourth-order valence-electron chi connectivity index (χ4n) is 4.69. The van der Waals surface area contributed by atoms with E-state index in [1.807, 2.05) is 0 Å². The molecule has 0 saturated carbocycles. The molecule has 3 heterocycles. The number of nitrogens with zero attached hydrogens (tertiary/aromatic N) is 2. The van der Waals surface area contributed by atoms with Gasteiger partial charge in [-0.25, -0.2) is 18.6 Å². The quantitative estimate of drug-likeness (QED) is 0.325. The van der Waals surface area contributed by atoms with E-state index < -0.39 is 34.8 Å². The van der Waals surface area contributed by atoms with Gasteiger partial charge in [-0.1, -0.05) is 18.2 Å². The van der Waals surface area contributed by atoms with Crippen molar-refractivity contribution < 1.29 is 37.3 Å². The molecular formula is C30H29F2N3O6. The number of aryl methyl sites for hydroxylation is 1. The maximum absolute atomic E-state index is 14.1. The number of rotatable bonds is 7. The molecule has 0 radical (unpaired) electrons. The van der Waals surface area contributed by atoms with E-state index in [2.05, 4.69) is 10.3 Å². The molecule has 1 saturated heterocycles. The Bertz CT molecular complexity index is 1600. The van der Waals surface area contributed by atoms with Gasteiger partial charge in [0, 0.05) is 6.20 Å². The van der Waals surface area contributed by atoms with Gasteiger partial charge in [-0.15, -0.1) is 0 Å². The summed E-state index contributed by atoms with van der Waals surface area (Å²) in [4.78, 5) is 30.6. The van der Waals surface area contributed by atoms with Gasteiger partial charge in [0.15, 0.2) is 17.2 Å².